The van der Waals surface area contributed by atoms with Crippen LogP contribution in [0.1, 0.15) is 59.7 Å². The molecule has 3 aromatic carbocycles. The van der Waals surface area contributed by atoms with Gasteiger partial charge in [0, 0.05) is 17.9 Å². The quantitative estimate of drug-likeness (QED) is 0.343. The SMILES string of the molecule is O=Cc1ccc(OCCc2ccc(F)cc2)c(OC(c2ccccc2)C2CCCCC2)c1. The van der Waals surface area contributed by atoms with Crippen LogP contribution >= 0.6 is 0 Å². The summed E-state index contributed by atoms with van der Waals surface area (Å²) < 4.78 is 25.8. The molecule has 4 heteroatoms. The van der Waals surface area contributed by atoms with Crippen molar-refractivity contribution in [3.63, 3.8) is 0 Å². The van der Waals surface area contributed by atoms with Gasteiger partial charge in [-0.25, -0.2) is 4.39 Å². The average Bonchev–Trinajstić information content (AvgIpc) is 2.85. The van der Waals surface area contributed by atoms with Crippen LogP contribution in [0.15, 0.2) is 72.8 Å². The number of rotatable bonds is 9. The zero-order valence-electron chi connectivity index (χ0n) is 18.2. The summed E-state index contributed by atoms with van der Waals surface area (Å²) in [6.07, 6.45) is 7.36. The van der Waals surface area contributed by atoms with Crippen LogP contribution in [0, 0.1) is 11.7 Å². The molecule has 0 aliphatic heterocycles. The summed E-state index contributed by atoms with van der Waals surface area (Å²) in [5.41, 5.74) is 2.71. The molecular formula is C28H29FO3. The Labute approximate surface area is 189 Å². The van der Waals surface area contributed by atoms with E-state index in [0.717, 1.165) is 30.3 Å². The fourth-order valence-electron chi connectivity index (χ4n) is 4.39. The van der Waals surface area contributed by atoms with Crippen molar-refractivity contribution in [1.29, 1.82) is 0 Å². The van der Waals surface area contributed by atoms with Gasteiger partial charge in [-0.1, -0.05) is 61.7 Å². The van der Waals surface area contributed by atoms with Gasteiger partial charge in [0.05, 0.1) is 6.61 Å². The first kappa shape index (κ1) is 22.1. The van der Waals surface area contributed by atoms with Crippen LogP contribution in [0.3, 0.4) is 0 Å². The Morgan fingerprint density at radius 2 is 1.66 bits per heavy atom. The maximum absolute atomic E-state index is 13.1. The van der Waals surface area contributed by atoms with Gasteiger partial charge in [-0.3, -0.25) is 4.79 Å². The number of carbonyl (C=O) groups excluding carboxylic acids is 1. The van der Waals surface area contributed by atoms with Crippen LogP contribution in [0.2, 0.25) is 0 Å². The number of ether oxygens (including phenoxy) is 2. The van der Waals surface area contributed by atoms with Crippen molar-refractivity contribution in [3.05, 3.63) is 95.3 Å². The predicted molar refractivity (Wildman–Crippen MR) is 124 cm³/mol. The van der Waals surface area contributed by atoms with Crippen molar-refractivity contribution in [3.8, 4) is 11.5 Å². The smallest absolute Gasteiger partial charge is 0.162 e. The van der Waals surface area contributed by atoms with Gasteiger partial charge in [-0.05, 0) is 54.3 Å². The van der Waals surface area contributed by atoms with E-state index < -0.39 is 0 Å². The number of halogens is 1. The van der Waals surface area contributed by atoms with Gasteiger partial charge in [0.2, 0.25) is 0 Å². The highest BCUT2D eigenvalue weighted by molar-refractivity contribution is 5.76. The number of hydrogen-bond donors (Lipinski definition) is 0. The second-order valence-electron chi connectivity index (χ2n) is 8.40. The van der Waals surface area contributed by atoms with Crippen molar-refractivity contribution >= 4 is 6.29 Å². The lowest BCUT2D eigenvalue weighted by Crippen LogP contribution is -2.21. The third kappa shape index (κ3) is 5.76. The summed E-state index contributed by atoms with van der Waals surface area (Å²) in [5, 5.41) is 0. The topological polar surface area (TPSA) is 35.5 Å². The summed E-state index contributed by atoms with van der Waals surface area (Å²) >= 11 is 0. The van der Waals surface area contributed by atoms with Crippen LogP contribution in [0.5, 0.6) is 11.5 Å². The molecule has 0 heterocycles. The minimum Gasteiger partial charge on any atom is -0.489 e. The van der Waals surface area contributed by atoms with E-state index in [1.54, 1.807) is 30.3 Å². The minimum atomic E-state index is -0.246. The Hall–Kier alpha value is -3.14. The molecule has 0 radical (unpaired) electrons. The Bertz CT molecular complexity index is 995. The van der Waals surface area contributed by atoms with E-state index in [9.17, 15) is 9.18 Å². The van der Waals surface area contributed by atoms with Crippen LogP contribution in [-0.2, 0) is 6.42 Å². The Balaban J connectivity index is 1.54. The van der Waals surface area contributed by atoms with E-state index >= 15 is 0 Å². The largest absolute Gasteiger partial charge is 0.489 e. The van der Waals surface area contributed by atoms with Gasteiger partial charge in [-0.2, -0.15) is 0 Å². The Morgan fingerprint density at radius 3 is 2.38 bits per heavy atom. The van der Waals surface area contributed by atoms with Crippen molar-refractivity contribution in [1.82, 2.24) is 0 Å². The summed E-state index contributed by atoms with van der Waals surface area (Å²) in [6.45, 7) is 0.432. The first-order valence-electron chi connectivity index (χ1n) is 11.4. The molecule has 0 aromatic heterocycles. The molecule has 1 aliphatic carbocycles. The maximum atomic E-state index is 13.1. The number of aldehydes is 1. The van der Waals surface area contributed by atoms with Crippen molar-refractivity contribution in [2.75, 3.05) is 6.61 Å². The van der Waals surface area contributed by atoms with Crippen molar-refractivity contribution in [2.24, 2.45) is 5.92 Å². The maximum Gasteiger partial charge on any atom is 0.162 e. The molecule has 1 fully saturated rings. The van der Waals surface area contributed by atoms with Crippen molar-refractivity contribution in [2.45, 2.75) is 44.6 Å². The fraction of sp³-hybridized carbons (Fsp3) is 0.321. The first-order chi connectivity index (χ1) is 15.7. The molecule has 0 bridgehead atoms. The lowest BCUT2D eigenvalue weighted by Gasteiger charge is -2.31. The lowest BCUT2D eigenvalue weighted by molar-refractivity contribution is 0.103. The number of benzene rings is 3. The second-order valence-corrected chi connectivity index (χ2v) is 8.40. The van der Waals surface area contributed by atoms with Crippen LogP contribution in [0.25, 0.3) is 0 Å². The van der Waals surface area contributed by atoms with Gasteiger partial charge in [-0.15, -0.1) is 0 Å². The molecule has 0 amide bonds. The second kappa shape index (κ2) is 10.9. The van der Waals surface area contributed by atoms with E-state index in [4.69, 9.17) is 9.47 Å². The van der Waals surface area contributed by atoms with E-state index in [1.807, 2.05) is 18.2 Å². The molecule has 166 valence electrons. The molecule has 0 saturated heterocycles. The molecule has 3 nitrogen and oxygen atoms in total. The van der Waals surface area contributed by atoms with E-state index in [1.165, 1.54) is 31.4 Å². The van der Waals surface area contributed by atoms with Gasteiger partial charge >= 0.3 is 0 Å². The molecule has 1 saturated carbocycles. The summed E-state index contributed by atoms with van der Waals surface area (Å²) in [5.74, 6) is 1.39. The molecule has 32 heavy (non-hydrogen) atoms. The fourth-order valence-corrected chi connectivity index (χ4v) is 4.39. The summed E-state index contributed by atoms with van der Waals surface area (Å²) in [6, 6.07) is 22.0. The molecular weight excluding hydrogens is 403 g/mol. The van der Waals surface area contributed by atoms with E-state index in [0.29, 0.717) is 36.0 Å². The Kier molecular flexibility index (Phi) is 7.55. The standard InChI is InChI=1S/C28H29FO3/c29-25-14-11-21(12-15-25)17-18-31-26-16-13-22(20-30)19-27(26)32-28(23-7-3-1-4-8-23)24-9-5-2-6-10-24/h1,3-4,7-8,11-16,19-20,24,28H,2,5-6,9-10,17-18H2. The molecule has 1 aliphatic rings. The number of carbonyl (C=O) groups is 1. The molecule has 0 spiro atoms. The van der Waals surface area contributed by atoms with E-state index in [-0.39, 0.29) is 11.9 Å². The first-order valence-corrected chi connectivity index (χ1v) is 11.4. The number of hydrogen-bond acceptors (Lipinski definition) is 3. The third-order valence-corrected chi connectivity index (χ3v) is 6.13. The van der Waals surface area contributed by atoms with Crippen LogP contribution < -0.4 is 9.47 Å². The highest BCUT2D eigenvalue weighted by Gasteiger charge is 2.28. The lowest BCUT2D eigenvalue weighted by atomic mass is 9.82. The minimum absolute atomic E-state index is 0.0853. The average molecular weight is 433 g/mol. The Morgan fingerprint density at radius 1 is 0.906 bits per heavy atom. The normalized spacial score (nSPS) is 15.2. The van der Waals surface area contributed by atoms with Crippen molar-refractivity contribution < 1.29 is 18.7 Å². The third-order valence-electron chi connectivity index (χ3n) is 6.13. The summed E-state index contributed by atoms with van der Waals surface area (Å²) in [7, 11) is 0. The van der Waals surface area contributed by atoms with Crippen LogP contribution in [0.4, 0.5) is 4.39 Å². The zero-order valence-corrected chi connectivity index (χ0v) is 18.2. The highest BCUT2D eigenvalue weighted by atomic mass is 19.1. The monoisotopic (exact) mass is 432 g/mol. The molecule has 1 atom stereocenters. The van der Waals surface area contributed by atoms with Gasteiger partial charge < -0.3 is 9.47 Å². The molecule has 4 rings (SSSR count). The predicted octanol–water partition coefficient (Wildman–Crippen LogP) is 6.96. The van der Waals surface area contributed by atoms with E-state index in [2.05, 4.69) is 12.1 Å². The molecule has 0 N–H and O–H groups in total. The zero-order chi connectivity index (χ0) is 22.2. The van der Waals surface area contributed by atoms with Gasteiger partial charge in [0.1, 0.15) is 18.2 Å². The summed E-state index contributed by atoms with van der Waals surface area (Å²) in [4.78, 5) is 11.4. The van der Waals surface area contributed by atoms with Gasteiger partial charge in [0.15, 0.2) is 11.5 Å². The van der Waals surface area contributed by atoms with Crippen LogP contribution in [-0.4, -0.2) is 12.9 Å². The molecule has 1 unspecified atom stereocenters. The van der Waals surface area contributed by atoms with Gasteiger partial charge in [0.25, 0.3) is 0 Å². The highest BCUT2D eigenvalue weighted by Crippen LogP contribution is 2.40. The molecule has 3 aromatic rings.